The fourth-order valence-corrected chi connectivity index (χ4v) is 4.55. The van der Waals surface area contributed by atoms with E-state index in [1.807, 2.05) is 0 Å². The van der Waals surface area contributed by atoms with Crippen molar-refractivity contribution in [2.45, 2.75) is 51.4 Å². The quantitative estimate of drug-likeness (QED) is 0.650. The molecule has 0 aromatic rings. The maximum Gasteiger partial charge on any atom is 0.161 e. The van der Waals surface area contributed by atoms with Crippen LogP contribution in [0.4, 0.5) is 0 Å². The molecular weight excluding hydrogens is 212 g/mol. The number of methoxy groups -OCH3 is 1. The van der Waals surface area contributed by atoms with Gasteiger partial charge in [-0.05, 0) is 38.0 Å². The van der Waals surface area contributed by atoms with E-state index in [9.17, 15) is 0 Å². The number of hydrogen-bond acceptors (Lipinski definition) is 2. The number of rotatable bonds is 1. The summed E-state index contributed by atoms with van der Waals surface area (Å²) >= 11 is 0. The molecule has 2 saturated carbocycles. The highest BCUT2D eigenvalue weighted by molar-refractivity contribution is 5.18. The lowest BCUT2D eigenvalue weighted by atomic mass is 9.61. The Morgan fingerprint density at radius 1 is 1.29 bits per heavy atom. The fourth-order valence-electron chi connectivity index (χ4n) is 4.55. The molecule has 1 heterocycles. The Labute approximate surface area is 104 Å². The molecule has 0 aromatic carbocycles. The van der Waals surface area contributed by atoms with Gasteiger partial charge in [-0.3, -0.25) is 0 Å². The molecule has 3 rings (SSSR count). The molecule has 6 unspecified atom stereocenters. The average Bonchev–Trinajstić information content (AvgIpc) is 2.66. The van der Waals surface area contributed by atoms with Crippen molar-refractivity contribution in [1.82, 2.24) is 0 Å². The highest BCUT2D eigenvalue weighted by Gasteiger charge is 2.50. The zero-order valence-electron chi connectivity index (χ0n) is 11.0. The Balaban J connectivity index is 1.85. The van der Waals surface area contributed by atoms with E-state index in [-0.39, 0.29) is 6.29 Å². The number of fused-ring (bicyclic) bond motifs is 2. The molecule has 17 heavy (non-hydrogen) atoms. The standard InChI is InChI=1S/C15H24O2/c1-9-12-7-5-4-6-11(12)8-13-14(9)10(2)17-15(13)16-3/h10-15H,1,4-8H2,2-3H3. The van der Waals surface area contributed by atoms with Crippen LogP contribution in [0.3, 0.4) is 0 Å². The van der Waals surface area contributed by atoms with E-state index in [1.165, 1.54) is 37.7 Å². The van der Waals surface area contributed by atoms with Gasteiger partial charge in [0.25, 0.3) is 0 Å². The van der Waals surface area contributed by atoms with E-state index in [0.717, 1.165) is 11.8 Å². The Morgan fingerprint density at radius 2 is 2.06 bits per heavy atom. The Hall–Kier alpha value is -0.340. The van der Waals surface area contributed by atoms with Gasteiger partial charge in [-0.15, -0.1) is 0 Å². The van der Waals surface area contributed by atoms with Gasteiger partial charge < -0.3 is 9.47 Å². The minimum Gasteiger partial charge on any atom is -0.356 e. The predicted octanol–water partition coefficient (Wildman–Crippen LogP) is 3.38. The molecule has 0 aromatic heterocycles. The monoisotopic (exact) mass is 236 g/mol. The molecule has 3 fully saturated rings. The van der Waals surface area contributed by atoms with Crippen LogP contribution >= 0.6 is 0 Å². The van der Waals surface area contributed by atoms with Gasteiger partial charge in [0.1, 0.15) is 0 Å². The minimum absolute atomic E-state index is 0.00891. The van der Waals surface area contributed by atoms with Crippen molar-refractivity contribution >= 4 is 0 Å². The van der Waals surface area contributed by atoms with Crippen molar-refractivity contribution in [1.29, 1.82) is 0 Å². The molecule has 0 bridgehead atoms. The van der Waals surface area contributed by atoms with Crippen molar-refractivity contribution < 1.29 is 9.47 Å². The first-order chi connectivity index (χ1) is 8.22. The largest absolute Gasteiger partial charge is 0.356 e. The van der Waals surface area contributed by atoms with Gasteiger partial charge in [0.2, 0.25) is 0 Å². The third kappa shape index (κ3) is 1.77. The van der Waals surface area contributed by atoms with Gasteiger partial charge in [0.05, 0.1) is 6.10 Å². The predicted molar refractivity (Wildman–Crippen MR) is 67.5 cm³/mol. The molecule has 3 aliphatic rings. The van der Waals surface area contributed by atoms with Gasteiger partial charge in [0.15, 0.2) is 6.29 Å². The van der Waals surface area contributed by atoms with E-state index in [0.29, 0.717) is 17.9 Å². The first kappa shape index (κ1) is 11.7. The molecule has 1 saturated heterocycles. The average molecular weight is 236 g/mol. The summed E-state index contributed by atoms with van der Waals surface area (Å²) in [5.41, 5.74) is 1.47. The maximum absolute atomic E-state index is 5.95. The lowest BCUT2D eigenvalue weighted by Gasteiger charge is -2.44. The second kappa shape index (κ2) is 4.40. The molecule has 2 heteroatoms. The van der Waals surface area contributed by atoms with Crippen molar-refractivity contribution in [2.75, 3.05) is 7.11 Å². The highest BCUT2D eigenvalue weighted by atomic mass is 16.7. The first-order valence-corrected chi connectivity index (χ1v) is 7.09. The Bertz CT molecular complexity index is 312. The molecule has 96 valence electrons. The summed E-state index contributed by atoms with van der Waals surface area (Å²) < 4.78 is 11.5. The molecule has 1 aliphatic heterocycles. The number of ether oxygens (including phenoxy) is 2. The van der Waals surface area contributed by atoms with Gasteiger partial charge in [0, 0.05) is 18.9 Å². The van der Waals surface area contributed by atoms with Gasteiger partial charge in [-0.25, -0.2) is 0 Å². The molecule has 0 amide bonds. The minimum atomic E-state index is 0.00891. The lowest BCUT2D eigenvalue weighted by Crippen LogP contribution is -2.38. The summed E-state index contributed by atoms with van der Waals surface area (Å²) in [5, 5.41) is 0. The van der Waals surface area contributed by atoms with Gasteiger partial charge in [-0.2, -0.15) is 0 Å². The first-order valence-electron chi connectivity index (χ1n) is 7.09. The summed E-state index contributed by atoms with van der Waals surface area (Å²) in [6.45, 7) is 6.61. The SMILES string of the molecule is C=C1C2CCCCC2CC2C(OC)OC(C)C12. The normalized spacial score (nSPS) is 49.9. The van der Waals surface area contributed by atoms with E-state index in [2.05, 4.69) is 13.5 Å². The van der Waals surface area contributed by atoms with Crippen LogP contribution in [-0.2, 0) is 9.47 Å². The zero-order chi connectivity index (χ0) is 12.0. The van der Waals surface area contributed by atoms with Crippen LogP contribution < -0.4 is 0 Å². The molecule has 2 nitrogen and oxygen atoms in total. The van der Waals surface area contributed by atoms with Crippen molar-refractivity contribution in [3.63, 3.8) is 0 Å². The summed E-state index contributed by atoms with van der Waals surface area (Å²) in [6.07, 6.45) is 7.13. The maximum atomic E-state index is 5.95. The lowest BCUT2D eigenvalue weighted by molar-refractivity contribution is -0.131. The van der Waals surface area contributed by atoms with E-state index < -0.39 is 0 Å². The van der Waals surface area contributed by atoms with Crippen LogP contribution in [-0.4, -0.2) is 19.5 Å². The van der Waals surface area contributed by atoms with E-state index in [4.69, 9.17) is 9.47 Å². The molecule has 0 radical (unpaired) electrons. The van der Waals surface area contributed by atoms with Crippen molar-refractivity contribution in [2.24, 2.45) is 23.7 Å². The summed E-state index contributed by atoms with van der Waals surface area (Å²) in [4.78, 5) is 0. The second-order valence-corrected chi connectivity index (χ2v) is 6.10. The zero-order valence-corrected chi connectivity index (χ0v) is 11.0. The summed E-state index contributed by atoms with van der Waals surface area (Å²) in [5.74, 6) is 2.72. The topological polar surface area (TPSA) is 18.5 Å². The van der Waals surface area contributed by atoms with E-state index >= 15 is 0 Å². The summed E-state index contributed by atoms with van der Waals surface area (Å²) in [6, 6.07) is 0. The highest BCUT2D eigenvalue weighted by Crippen LogP contribution is 2.53. The Morgan fingerprint density at radius 3 is 2.82 bits per heavy atom. The third-order valence-corrected chi connectivity index (χ3v) is 5.29. The molecule has 6 atom stereocenters. The van der Waals surface area contributed by atoms with Crippen molar-refractivity contribution in [3.8, 4) is 0 Å². The van der Waals surface area contributed by atoms with Crippen LogP contribution in [0.1, 0.15) is 39.0 Å². The van der Waals surface area contributed by atoms with Crippen molar-refractivity contribution in [3.05, 3.63) is 12.2 Å². The van der Waals surface area contributed by atoms with Gasteiger partial charge >= 0.3 is 0 Å². The van der Waals surface area contributed by atoms with Gasteiger partial charge in [-0.1, -0.05) is 25.0 Å². The summed E-state index contributed by atoms with van der Waals surface area (Å²) in [7, 11) is 1.77. The van der Waals surface area contributed by atoms with Crippen LogP contribution in [0, 0.1) is 23.7 Å². The van der Waals surface area contributed by atoms with Crippen LogP contribution in [0.2, 0.25) is 0 Å². The molecule has 0 spiro atoms. The third-order valence-electron chi connectivity index (χ3n) is 5.29. The van der Waals surface area contributed by atoms with Crippen LogP contribution in [0.25, 0.3) is 0 Å². The molecule has 0 N–H and O–H groups in total. The van der Waals surface area contributed by atoms with Crippen LogP contribution in [0.15, 0.2) is 12.2 Å². The molecule has 2 aliphatic carbocycles. The fraction of sp³-hybridized carbons (Fsp3) is 0.867. The Kier molecular flexibility index (Phi) is 3.04. The van der Waals surface area contributed by atoms with Crippen LogP contribution in [0.5, 0.6) is 0 Å². The second-order valence-electron chi connectivity index (χ2n) is 6.10. The molecular formula is C15H24O2. The van der Waals surface area contributed by atoms with E-state index in [1.54, 1.807) is 7.11 Å². The number of hydrogen-bond donors (Lipinski definition) is 0. The smallest absolute Gasteiger partial charge is 0.161 e.